The summed E-state index contributed by atoms with van der Waals surface area (Å²) in [7, 11) is 0. The van der Waals surface area contributed by atoms with Crippen LogP contribution >= 0.6 is 12.4 Å². The van der Waals surface area contributed by atoms with Crippen LogP contribution in [0.3, 0.4) is 0 Å². The van der Waals surface area contributed by atoms with Gasteiger partial charge in [0.1, 0.15) is 12.4 Å². The van der Waals surface area contributed by atoms with Crippen LogP contribution in [-0.2, 0) is 4.84 Å². The lowest BCUT2D eigenvalue weighted by molar-refractivity contribution is 0.0472. The van der Waals surface area contributed by atoms with Crippen molar-refractivity contribution in [2.45, 2.75) is 12.5 Å². The van der Waals surface area contributed by atoms with Gasteiger partial charge in [-0.2, -0.15) is 0 Å². The average molecular weight is 320 g/mol. The van der Waals surface area contributed by atoms with Crippen molar-refractivity contribution in [2.75, 3.05) is 13.2 Å². The highest BCUT2D eigenvalue weighted by Crippen LogP contribution is 2.28. The summed E-state index contributed by atoms with van der Waals surface area (Å²) in [5, 5.41) is 3.93. The third-order valence-corrected chi connectivity index (χ3v) is 3.28. The SMILES string of the molecule is Cl.NCC1=NOC(COc2ccccc2-c2ccccn2)C1. The van der Waals surface area contributed by atoms with E-state index in [0.29, 0.717) is 13.2 Å². The van der Waals surface area contributed by atoms with Gasteiger partial charge in [0, 0.05) is 24.7 Å². The summed E-state index contributed by atoms with van der Waals surface area (Å²) in [6.45, 7) is 0.873. The smallest absolute Gasteiger partial charge is 0.166 e. The number of para-hydroxylation sites is 1. The molecular formula is C16H18ClN3O2. The first-order valence-electron chi connectivity index (χ1n) is 6.91. The van der Waals surface area contributed by atoms with Gasteiger partial charge in [0.05, 0.1) is 11.4 Å². The van der Waals surface area contributed by atoms with E-state index in [1.54, 1.807) is 6.20 Å². The normalized spacial score (nSPS) is 16.4. The zero-order valence-electron chi connectivity index (χ0n) is 12.0. The Bertz CT molecular complexity index is 634. The molecule has 1 aromatic heterocycles. The van der Waals surface area contributed by atoms with Gasteiger partial charge in [-0.25, -0.2) is 0 Å². The molecule has 0 spiro atoms. The van der Waals surface area contributed by atoms with Crippen molar-refractivity contribution in [2.24, 2.45) is 10.9 Å². The molecule has 22 heavy (non-hydrogen) atoms. The predicted molar refractivity (Wildman–Crippen MR) is 88.4 cm³/mol. The molecule has 0 aliphatic carbocycles. The number of nitrogens with two attached hydrogens (primary N) is 1. The number of benzene rings is 1. The molecular weight excluding hydrogens is 302 g/mol. The summed E-state index contributed by atoms with van der Waals surface area (Å²) in [5.74, 6) is 0.793. The van der Waals surface area contributed by atoms with Crippen molar-refractivity contribution in [3.63, 3.8) is 0 Å². The second kappa shape index (κ2) is 7.77. The summed E-state index contributed by atoms with van der Waals surface area (Å²) in [4.78, 5) is 9.66. The van der Waals surface area contributed by atoms with Gasteiger partial charge in [0.25, 0.3) is 0 Å². The number of ether oxygens (including phenoxy) is 1. The van der Waals surface area contributed by atoms with Gasteiger partial charge in [-0.15, -0.1) is 12.4 Å². The Morgan fingerprint density at radius 2 is 2.00 bits per heavy atom. The van der Waals surface area contributed by atoms with E-state index in [4.69, 9.17) is 15.3 Å². The van der Waals surface area contributed by atoms with Crippen LogP contribution in [0.4, 0.5) is 0 Å². The molecule has 0 amide bonds. The van der Waals surface area contributed by atoms with E-state index in [-0.39, 0.29) is 18.5 Å². The number of hydrogen-bond donors (Lipinski definition) is 1. The summed E-state index contributed by atoms with van der Waals surface area (Å²) < 4.78 is 5.89. The first-order valence-corrected chi connectivity index (χ1v) is 6.91. The van der Waals surface area contributed by atoms with Gasteiger partial charge in [-0.1, -0.05) is 23.4 Å². The molecule has 1 aromatic carbocycles. The minimum Gasteiger partial charge on any atom is -0.489 e. The molecule has 116 valence electrons. The number of halogens is 1. The monoisotopic (exact) mass is 319 g/mol. The van der Waals surface area contributed by atoms with Gasteiger partial charge in [0.15, 0.2) is 6.10 Å². The van der Waals surface area contributed by atoms with Crippen molar-refractivity contribution in [3.8, 4) is 17.0 Å². The Hall–Kier alpha value is -2.11. The lowest BCUT2D eigenvalue weighted by atomic mass is 10.1. The van der Waals surface area contributed by atoms with Gasteiger partial charge in [-0.3, -0.25) is 4.98 Å². The van der Waals surface area contributed by atoms with E-state index in [9.17, 15) is 0 Å². The zero-order valence-corrected chi connectivity index (χ0v) is 12.8. The molecule has 1 aliphatic rings. The summed E-state index contributed by atoms with van der Waals surface area (Å²) in [6, 6.07) is 13.7. The van der Waals surface area contributed by atoms with E-state index in [2.05, 4.69) is 10.1 Å². The summed E-state index contributed by atoms with van der Waals surface area (Å²) in [5.41, 5.74) is 8.28. The summed E-state index contributed by atoms with van der Waals surface area (Å²) in [6.07, 6.45) is 2.43. The van der Waals surface area contributed by atoms with Gasteiger partial charge >= 0.3 is 0 Å². The molecule has 2 aromatic rings. The minimum atomic E-state index is -0.0691. The second-order valence-electron chi connectivity index (χ2n) is 4.82. The highest BCUT2D eigenvalue weighted by molar-refractivity contribution is 5.87. The Balaban J connectivity index is 0.00000176. The maximum atomic E-state index is 5.89. The van der Waals surface area contributed by atoms with Crippen LogP contribution < -0.4 is 10.5 Å². The molecule has 0 saturated carbocycles. The summed E-state index contributed by atoms with van der Waals surface area (Å²) >= 11 is 0. The molecule has 1 atom stereocenters. The molecule has 0 radical (unpaired) electrons. The van der Waals surface area contributed by atoms with Gasteiger partial charge < -0.3 is 15.3 Å². The van der Waals surface area contributed by atoms with E-state index in [0.717, 1.165) is 29.1 Å². The fraction of sp³-hybridized carbons (Fsp3) is 0.250. The number of hydrogen-bond acceptors (Lipinski definition) is 5. The topological polar surface area (TPSA) is 69.7 Å². The lowest BCUT2D eigenvalue weighted by Gasteiger charge is -2.13. The third kappa shape index (κ3) is 3.75. The fourth-order valence-electron chi connectivity index (χ4n) is 2.21. The second-order valence-corrected chi connectivity index (χ2v) is 4.82. The fourth-order valence-corrected chi connectivity index (χ4v) is 2.21. The van der Waals surface area contributed by atoms with E-state index in [1.807, 2.05) is 42.5 Å². The zero-order chi connectivity index (χ0) is 14.5. The maximum absolute atomic E-state index is 5.89. The van der Waals surface area contributed by atoms with Crippen molar-refractivity contribution >= 4 is 18.1 Å². The Labute approximate surface area is 135 Å². The number of pyridine rings is 1. The number of aromatic nitrogens is 1. The van der Waals surface area contributed by atoms with Crippen molar-refractivity contribution in [1.29, 1.82) is 0 Å². The highest BCUT2D eigenvalue weighted by Gasteiger charge is 2.21. The molecule has 1 unspecified atom stereocenters. The molecule has 0 saturated heterocycles. The minimum absolute atomic E-state index is 0. The van der Waals surface area contributed by atoms with Crippen molar-refractivity contribution in [3.05, 3.63) is 48.7 Å². The van der Waals surface area contributed by atoms with Crippen LogP contribution in [0.2, 0.25) is 0 Å². The predicted octanol–water partition coefficient (Wildman–Crippen LogP) is 2.65. The first-order chi connectivity index (χ1) is 10.4. The Kier molecular flexibility index (Phi) is 5.75. The van der Waals surface area contributed by atoms with Crippen LogP contribution in [0.1, 0.15) is 6.42 Å². The average Bonchev–Trinajstić information content (AvgIpc) is 3.02. The van der Waals surface area contributed by atoms with E-state index in [1.165, 1.54) is 0 Å². The van der Waals surface area contributed by atoms with Crippen molar-refractivity contribution in [1.82, 2.24) is 4.98 Å². The molecule has 5 nitrogen and oxygen atoms in total. The van der Waals surface area contributed by atoms with Crippen LogP contribution in [0.15, 0.2) is 53.8 Å². The molecule has 1 aliphatic heterocycles. The maximum Gasteiger partial charge on any atom is 0.166 e. The Morgan fingerprint density at radius 1 is 1.18 bits per heavy atom. The van der Waals surface area contributed by atoms with Crippen molar-refractivity contribution < 1.29 is 9.57 Å². The lowest BCUT2D eigenvalue weighted by Crippen LogP contribution is -2.20. The van der Waals surface area contributed by atoms with E-state index >= 15 is 0 Å². The molecule has 2 heterocycles. The number of nitrogens with zero attached hydrogens (tertiary/aromatic N) is 2. The van der Waals surface area contributed by atoms with Crippen LogP contribution in [0.5, 0.6) is 5.75 Å². The molecule has 0 fully saturated rings. The largest absolute Gasteiger partial charge is 0.489 e. The molecule has 3 rings (SSSR count). The third-order valence-electron chi connectivity index (χ3n) is 3.28. The van der Waals surface area contributed by atoms with Gasteiger partial charge in [-0.05, 0) is 24.3 Å². The Morgan fingerprint density at radius 3 is 2.73 bits per heavy atom. The quantitative estimate of drug-likeness (QED) is 0.919. The molecule has 2 N–H and O–H groups in total. The number of rotatable bonds is 5. The number of oxime groups is 1. The standard InChI is InChI=1S/C16H17N3O2.ClH/c17-10-12-9-13(21-19-12)11-20-16-7-2-1-5-14(16)15-6-3-4-8-18-15;/h1-8,13H,9-11,17H2;1H. The van der Waals surface area contributed by atoms with Crippen LogP contribution in [0.25, 0.3) is 11.3 Å². The van der Waals surface area contributed by atoms with Crippen LogP contribution in [0, 0.1) is 0 Å². The highest BCUT2D eigenvalue weighted by atomic mass is 35.5. The van der Waals surface area contributed by atoms with Gasteiger partial charge in [0.2, 0.25) is 0 Å². The molecule has 0 bridgehead atoms. The van der Waals surface area contributed by atoms with E-state index < -0.39 is 0 Å². The van der Waals surface area contributed by atoms with Crippen LogP contribution in [-0.4, -0.2) is 30.0 Å². The molecule has 6 heteroatoms. The first kappa shape index (κ1) is 16.3.